The van der Waals surface area contributed by atoms with E-state index in [2.05, 4.69) is 10.5 Å². The van der Waals surface area contributed by atoms with Gasteiger partial charge in [0.15, 0.2) is 0 Å². The van der Waals surface area contributed by atoms with Gasteiger partial charge in [-0.25, -0.2) is 4.79 Å². The number of aryl methyl sites for hydroxylation is 1. The molecule has 128 valence electrons. The fraction of sp³-hybridized carbons (Fsp3) is 0.412. The van der Waals surface area contributed by atoms with Crippen LogP contribution in [0.5, 0.6) is 11.5 Å². The maximum atomic E-state index is 12.7. The molecule has 1 aromatic heterocycles. The van der Waals surface area contributed by atoms with Crippen LogP contribution >= 0.6 is 0 Å². The normalized spacial score (nSPS) is 17.0. The number of methoxy groups -OCH3 is 2. The van der Waals surface area contributed by atoms with Gasteiger partial charge in [0.25, 0.3) is 0 Å². The first-order valence-electron chi connectivity index (χ1n) is 7.85. The minimum atomic E-state index is -0.179. The van der Waals surface area contributed by atoms with Crippen molar-refractivity contribution in [1.29, 1.82) is 0 Å². The molecule has 1 aliphatic heterocycles. The highest BCUT2D eigenvalue weighted by Crippen LogP contribution is 2.34. The van der Waals surface area contributed by atoms with Crippen LogP contribution in [0.4, 0.5) is 10.5 Å². The third-order valence-electron chi connectivity index (χ3n) is 4.15. The molecule has 1 aliphatic rings. The van der Waals surface area contributed by atoms with E-state index in [1.165, 1.54) is 0 Å². The molecule has 24 heavy (non-hydrogen) atoms. The highest BCUT2D eigenvalue weighted by Gasteiger charge is 2.32. The maximum absolute atomic E-state index is 12.7. The average Bonchev–Trinajstić information content (AvgIpc) is 3.23. The molecule has 1 atom stereocenters. The number of hydrogen-bond donors (Lipinski definition) is 1. The van der Waals surface area contributed by atoms with Gasteiger partial charge in [-0.15, -0.1) is 0 Å². The predicted molar refractivity (Wildman–Crippen MR) is 88.5 cm³/mol. The van der Waals surface area contributed by atoms with Gasteiger partial charge in [0, 0.05) is 18.7 Å². The van der Waals surface area contributed by atoms with E-state index in [1.807, 2.05) is 13.0 Å². The Labute approximate surface area is 140 Å². The maximum Gasteiger partial charge on any atom is 0.322 e. The van der Waals surface area contributed by atoms with Crippen molar-refractivity contribution in [2.45, 2.75) is 25.8 Å². The van der Waals surface area contributed by atoms with Gasteiger partial charge in [0.2, 0.25) is 0 Å². The Morgan fingerprint density at radius 3 is 2.83 bits per heavy atom. The third-order valence-corrected chi connectivity index (χ3v) is 4.15. The van der Waals surface area contributed by atoms with Crippen LogP contribution in [0.15, 0.2) is 28.8 Å². The topological polar surface area (TPSA) is 76.8 Å². The number of aromatic nitrogens is 1. The zero-order valence-corrected chi connectivity index (χ0v) is 14.0. The number of carbonyl (C=O) groups excluding carboxylic acids is 1. The first-order valence-corrected chi connectivity index (χ1v) is 7.85. The summed E-state index contributed by atoms with van der Waals surface area (Å²) in [6.07, 6.45) is 1.81. The molecule has 7 nitrogen and oxygen atoms in total. The first kappa shape index (κ1) is 16.2. The number of hydrogen-bond acceptors (Lipinski definition) is 5. The quantitative estimate of drug-likeness (QED) is 0.929. The molecule has 7 heteroatoms. The molecule has 0 unspecified atom stereocenters. The number of nitrogens with one attached hydrogen (secondary N) is 1. The second kappa shape index (κ2) is 6.82. The van der Waals surface area contributed by atoms with Crippen LogP contribution in [0.3, 0.4) is 0 Å². The molecule has 1 N–H and O–H groups in total. The largest absolute Gasteiger partial charge is 0.497 e. The van der Waals surface area contributed by atoms with E-state index in [9.17, 15) is 4.79 Å². The SMILES string of the molecule is COc1ccc(NC(=O)N2CCC[C@@H]2c2cc(C)on2)c(OC)c1. The van der Waals surface area contributed by atoms with Crippen LogP contribution in [-0.4, -0.2) is 36.9 Å². The second-order valence-electron chi connectivity index (χ2n) is 5.71. The molecular formula is C17H21N3O4. The number of likely N-dealkylation sites (tertiary alicyclic amines) is 1. The third kappa shape index (κ3) is 3.15. The molecule has 2 heterocycles. The van der Waals surface area contributed by atoms with E-state index < -0.39 is 0 Å². The number of benzene rings is 1. The van der Waals surface area contributed by atoms with Crippen molar-refractivity contribution in [2.75, 3.05) is 26.1 Å². The lowest BCUT2D eigenvalue weighted by Gasteiger charge is -2.24. The van der Waals surface area contributed by atoms with Crippen molar-refractivity contribution >= 4 is 11.7 Å². The van der Waals surface area contributed by atoms with Gasteiger partial charge < -0.3 is 24.2 Å². The number of ether oxygens (including phenoxy) is 2. The van der Waals surface area contributed by atoms with Crippen LogP contribution in [0.25, 0.3) is 0 Å². The van der Waals surface area contributed by atoms with E-state index in [0.29, 0.717) is 23.7 Å². The van der Waals surface area contributed by atoms with E-state index >= 15 is 0 Å². The van der Waals surface area contributed by atoms with Crippen molar-refractivity contribution < 1.29 is 18.8 Å². The molecule has 2 amide bonds. The van der Waals surface area contributed by atoms with Crippen molar-refractivity contribution in [1.82, 2.24) is 10.1 Å². The Bertz CT molecular complexity index is 728. The first-order chi connectivity index (χ1) is 11.6. The Morgan fingerprint density at radius 1 is 1.33 bits per heavy atom. The molecule has 0 radical (unpaired) electrons. The standard InChI is InChI=1S/C17H21N3O4/c1-11-9-14(19-24-11)15-5-4-8-20(15)17(21)18-13-7-6-12(22-2)10-16(13)23-3/h6-7,9-10,15H,4-5,8H2,1-3H3,(H,18,21)/t15-/m1/s1. The van der Waals surface area contributed by atoms with Crippen LogP contribution in [0, 0.1) is 6.92 Å². The lowest BCUT2D eigenvalue weighted by atomic mass is 10.1. The minimum Gasteiger partial charge on any atom is -0.497 e. The summed E-state index contributed by atoms with van der Waals surface area (Å²) in [5.74, 6) is 1.96. The summed E-state index contributed by atoms with van der Waals surface area (Å²) < 4.78 is 15.6. The lowest BCUT2D eigenvalue weighted by molar-refractivity contribution is 0.204. The fourth-order valence-corrected chi connectivity index (χ4v) is 2.95. The van der Waals surface area contributed by atoms with Gasteiger partial charge in [-0.1, -0.05) is 5.16 Å². The molecule has 1 fully saturated rings. The Hall–Kier alpha value is -2.70. The van der Waals surface area contributed by atoms with Gasteiger partial charge in [-0.3, -0.25) is 0 Å². The van der Waals surface area contributed by atoms with Gasteiger partial charge in [0.1, 0.15) is 23.0 Å². The van der Waals surface area contributed by atoms with Gasteiger partial charge in [-0.05, 0) is 31.9 Å². The van der Waals surface area contributed by atoms with Gasteiger partial charge in [0.05, 0.1) is 25.9 Å². The summed E-state index contributed by atoms with van der Waals surface area (Å²) in [6.45, 7) is 2.53. The number of urea groups is 1. The highest BCUT2D eigenvalue weighted by molar-refractivity contribution is 5.91. The van der Waals surface area contributed by atoms with Crippen molar-refractivity contribution in [3.05, 3.63) is 35.7 Å². The van der Waals surface area contributed by atoms with E-state index in [-0.39, 0.29) is 12.1 Å². The molecule has 0 spiro atoms. The number of amides is 2. The highest BCUT2D eigenvalue weighted by atomic mass is 16.5. The summed E-state index contributed by atoms with van der Waals surface area (Å²) >= 11 is 0. The molecule has 0 bridgehead atoms. The van der Waals surface area contributed by atoms with Gasteiger partial charge >= 0.3 is 6.03 Å². The van der Waals surface area contributed by atoms with E-state index in [1.54, 1.807) is 37.3 Å². The van der Waals surface area contributed by atoms with E-state index in [4.69, 9.17) is 14.0 Å². The summed E-state index contributed by atoms with van der Waals surface area (Å²) in [5, 5.41) is 6.97. The van der Waals surface area contributed by atoms with Crippen molar-refractivity contribution in [3.8, 4) is 11.5 Å². The van der Waals surface area contributed by atoms with Crippen LogP contribution < -0.4 is 14.8 Å². The zero-order chi connectivity index (χ0) is 17.1. The zero-order valence-electron chi connectivity index (χ0n) is 14.0. The van der Waals surface area contributed by atoms with Crippen LogP contribution in [0.2, 0.25) is 0 Å². The minimum absolute atomic E-state index is 0.0632. The second-order valence-corrected chi connectivity index (χ2v) is 5.71. The van der Waals surface area contributed by atoms with Crippen molar-refractivity contribution in [3.63, 3.8) is 0 Å². The Balaban J connectivity index is 1.77. The lowest BCUT2D eigenvalue weighted by Crippen LogP contribution is -2.34. The summed E-state index contributed by atoms with van der Waals surface area (Å²) in [7, 11) is 3.14. The predicted octanol–water partition coefficient (Wildman–Crippen LogP) is 3.37. The monoisotopic (exact) mass is 331 g/mol. The Kier molecular flexibility index (Phi) is 4.59. The number of anilines is 1. The number of carbonyl (C=O) groups is 1. The Morgan fingerprint density at radius 2 is 2.17 bits per heavy atom. The summed E-state index contributed by atoms with van der Waals surface area (Å²) in [4.78, 5) is 14.5. The molecule has 0 saturated carbocycles. The molecule has 1 aromatic carbocycles. The average molecular weight is 331 g/mol. The fourth-order valence-electron chi connectivity index (χ4n) is 2.95. The van der Waals surface area contributed by atoms with Crippen molar-refractivity contribution in [2.24, 2.45) is 0 Å². The smallest absolute Gasteiger partial charge is 0.322 e. The summed E-state index contributed by atoms with van der Waals surface area (Å²) in [5.41, 5.74) is 1.40. The van der Waals surface area contributed by atoms with Crippen LogP contribution in [0.1, 0.15) is 30.3 Å². The molecule has 0 aliphatic carbocycles. The molecule has 2 aromatic rings. The number of rotatable bonds is 4. The molecule has 3 rings (SSSR count). The molecular weight excluding hydrogens is 310 g/mol. The van der Waals surface area contributed by atoms with E-state index in [0.717, 1.165) is 24.3 Å². The van der Waals surface area contributed by atoms with Crippen LogP contribution in [-0.2, 0) is 0 Å². The van der Waals surface area contributed by atoms with Gasteiger partial charge in [-0.2, -0.15) is 0 Å². The number of nitrogens with zero attached hydrogens (tertiary/aromatic N) is 2. The summed E-state index contributed by atoms with van der Waals surface area (Å²) in [6, 6.07) is 6.91. The molecule has 1 saturated heterocycles.